The number of hydrogen-bond donors (Lipinski definition) is 0. The summed E-state index contributed by atoms with van der Waals surface area (Å²) < 4.78 is 0. The molecule has 0 atom stereocenters. The lowest BCUT2D eigenvalue weighted by molar-refractivity contribution is 1.75. The maximum atomic E-state index is 2.27. The zero-order chi connectivity index (χ0) is 9.52. The van der Waals surface area contributed by atoms with Gasteiger partial charge in [0.05, 0.1) is 0 Å². The Morgan fingerprint density at radius 3 is 1.92 bits per heavy atom. The van der Waals surface area contributed by atoms with Crippen molar-refractivity contribution in [2.24, 2.45) is 0 Å². The van der Waals surface area contributed by atoms with Gasteiger partial charge in [0.2, 0.25) is 0 Å². The van der Waals surface area contributed by atoms with E-state index in [-0.39, 0.29) is 7.92 Å². The Morgan fingerprint density at radius 1 is 0.923 bits per heavy atom. The first kappa shape index (κ1) is 10.2. The van der Waals surface area contributed by atoms with Crippen LogP contribution in [0.1, 0.15) is 13.8 Å². The van der Waals surface area contributed by atoms with E-state index in [9.17, 15) is 0 Å². The van der Waals surface area contributed by atoms with Gasteiger partial charge in [0.15, 0.2) is 0 Å². The van der Waals surface area contributed by atoms with Crippen LogP contribution in [0, 0.1) is 0 Å². The van der Waals surface area contributed by atoms with E-state index in [1.807, 2.05) is 0 Å². The van der Waals surface area contributed by atoms with Gasteiger partial charge in [0.25, 0.3) is 0 Å². The van der Waals surface area contributed by atoms with Crippen LogP contribution in [0.5, 0.6) is 0 Å². The predicted octanol–water partition coefficient (Wildman–Crippen LogP) is 3.86. The summed E-state index contributed by atoms with van der Waals surface area (Å²) in [6, 6.07) is 10.6. The molecule has 0 spiro atoms. The number of rotatable bonds is 3. The zero-order valence-electron chi connectivity index (χ0n) is 8.14. The van der Waals surface area contributed by atoms with Gasteiger partial charge in [0, 0.05) is 0 Å². The molecule has 0 radical (unpaired) electrons. The fraction of sp³-hybridized carbons (Fsp3) is 0.167. The molecule has 1 aromatic rings. The van der Waals surface area contributed by atoms with Crippen LogP contribution >= 0.6 is 7.92 Å². The smallest absolute Gasteiger partial charge is 0.0162 e. The van der Waals surface area contributed by atoms with Crippen molar-refractivity contribution in [3.8, 4) is 0 Å². The largest absolute Gasteiger partial charge is 0.0866 e. The van der Waals surface area contributed by atoms with Crippen molar-refractivity contribution in [2.75, 3.05) is 0 Å². The van der Waals surface area contributed by atoms with E-state index in [2.05, 4.69) is 68.0 Å². The minimum atomic E-state index is -0.217. The Morgan fingerprint density at radius 2 is 1.46 bits per heavy atom. The molecule has 0 saturated carbocycles. The maximum absolute atomic E-state index is 2.27. The summed E-state index contributed by atoms with van der Waals surface area (Å²) in [5.74, 6) is 4.54. The van der Waals surface area contributed by atoms with Gasteiger partial charge in [-0.2, -0.15) is 0 Å². The maximum Gasteiger partial charge on any atom is -0.0162 e. The molecule has 13 heavy (non-hydrogen) atoms. The molecule has 0 aliphatic rings. The van der Waals surface area contributed by atoms with E-state index >= 15 is 0 Å². The molecular formula is C12H15P. The van der Waals surface area contributed by atoms with E-state index in [0.717, 1.165) is 0 Å². The van der Waals surface area contributed by atoms with Crippen LogP contribution in [0.25, 0.3) is 0 Å². The summed E-state index contributed by atoms with van der Waals surface area (Å²) >= 11 is 0. The van der Waals surface area contributed by atoms with Crippen LogP contribution < -0.4 is 5.30 Å². The standard InChI is InChI=1S/C12H15P/c1-3-10-13(11-4-2)12-8-6-5-7-9-12/h3-11H,1-2H3. The van der Waals surface area contributed by atoms with E-state index in [1.54, 1.807) is 0 Å². The number of allylic oxidation sites excluding steroid dienone is 2. The molecule has 68 valence electrons. The SMILES string of the molecule is CC=CP(C=CC)c1ccccc1. The molecule has 0 fully saturated rings. The summed E-state index contributed by atoms with van der Waals surface area (Å²) in [5, 5.41) is 1.41. The first-order chi connectivity index (χ1) is 6.38. The van der Waals surface area contributed by atoms with Crippen LogP contribution in [-0.4, -0.2) is 0 Å². The third-order valence-electron chi connectivity index (χ3n) is 1.67. The summed E-state index contributed by atoms with van der Waals surface area (Å²) in [6.07, 6.45) is 4.25. The van der Waals surface area contributed by atoms with Gasteiger partial charge in [-0.05, 0) is 27.1 Å². The van der Waals surface area contributed by atoms with E-state index in [4.69, 9.17) is 0 Å². The molecule has 1 aromatic carbocycles. The van der Waals surface area contributed by atoms with Crippen LogP contribution in [0.3, 0.4) is 0 Å². The van der Waals surface area contributed by atoms with Gasteiger partial charge in [-0.3, -0.25) is 0 Å². The van der Waals surface area contributed by atoms with Crippen molar-refractivity contribution in [1.29, 1.82) is 0 Å². The lowest BCUT2D eigenvalue weighted by atomic mass is 10.4. The first-order valence-electron chi connectivity index (χ1n) is 4.47. The summed E-state index contributed by atoms with van der Waals surface area (Å²) in [4.78, 5) is 0. The quantitative estimate of drug-likeness (QED) is 0.635. The molecule has 1 rings (SSSR count). The highest BCUT2D eigenvalue weighted by Crippen LogP contribution is 2.37. The van der Waals surface area contributed by atoms with Gasteiger partial charge in [0.1, 0.15) is 0 Å². The minimum Gasteiger partial charge on any atom is -0.0866 e. The van der Waals surface area contributed by atoms with Crippen LogP contribution in [0.15, 0.2) is 54.1 Å². The van der Waals surface area contributed by atoms with E-state index in [1.165, 1.54) is 5.30 Å². The average molecular weight is 190 g/mol. The normalized spacial score (nSPS) is 14.0. The Balaban J connectivity index is 2.88. The second-order valence-corrected chi connectivity index (χ2v) is 4.63. The highest BCUT2D eigenvalue weighted by Gasteiger charge is 2.00. The summed E-state index contributed by atoms with van der Waals surface area (Å²) in [7, 11) is -0.217. The fourth-order valence-corrected chi connectivity index (χ4v) is 2.75. The zero-order valence-corrected chi connectivity index (χ0v) is 9.04. The fourth-order valence-electron chi connectivity index (χ4n) is 1.14. The monoisotopic (exact) mass is 190 g/mol. The van der Waals surface area contributed by atoms with Crippen molar-refractivity contribution < 1.29 is 0 Å². The van der Waals surface area contributed by atoms with Crippen LogP contribution in [0.2, 0.25) is 0 Å². The third-order valence-corrected chi connectivity index (χ3v) is 3.81. The molecule has 1 heteroatoms. The molecule has 0 bridgehead atoms. The van der Waals surface area contributed by atoms with E-state index in [0.29, 0.717) is 0 Å². The van der Waals surface area contributed by atoms with Gasteiger partial charge >= 0.3 is 0 Å². The number of hydrogen-bond acceptors (Lipinski definition) is 0. The highest BCUT2D eigenvalue weighted by atomic mass is 31.1. The van der Waals surface area contributed by atoms with Crippen molar-refractivity contribution in [3.05, 3.63) is 54.1 Å². The Labute approximate surface area is 81.7 Å². The molecule has 0 aliphatic heterocycles. The Hall–Kier alpha value is -0.870. The molecule has 0 nitrogen and oxygen atoms in total. The molecule has 0 aliphatic carbocycles. The molecule has 0 N–H and O–H groups in total. The first-order valence-corrected chi connectivity index (χ1v) is 5.95. The van der Waals surface area contributed by atoms with Crippen molar-refractivity contribution in [1.82, 2.24) is 0 Å². The lowest BCUT2D eigenvalue weighted by Gasteiger charge is -2.07. The van der Waals surface area contributed by atoms with Gasteiger partial charge in [-0.1, -0.05) is 54.1 Å². The predicted molar refractivity (Wildman–Crippen MR) is 62.6 cm³/mol. The van der Waals surface area contributed by atoms with Crippen molar-refractivity contribution in [3.63, 3.8) is 0 Å². The Bertz CT molecular complexity index is 273. The third kappa shape index (κ3) is 3.16. The second-order valence-electron chi connectivity index (χ2n) is 2.71. The Kier molecular flexibility index (Phi) is 4.49. The lowest BCUT2D eigenvalue weighted by Crippen LogP contribution is -1.94. The van der Waals surface area contributed by atoms with Gasteiger partial charge in [-0.15, -0.1) is 0 Å². The van der Waals surface area contributed by atoms with Crippen LogP contribution in [0.4, 0.5) is 0 Å². The molecule has 0 unspecified atom stereocenters. The molecule has 0 amide bonds. The number of benzene rings is 1. The van der Waals surface area contributed by atoms with Crippen molar-refractivity contribution in [2.45, 2.75) is 13.8 Å². The molecule has 0 saturated heterocycles. The van der Waals surface area contributed by atoms with E-state index < -0.39 is 0 Å². The highest BCUT2D eigenvalue weighted by molar-refractivity contribution is 7.71. The second kappa shape index (κ2) is 5.72. The van der Waals surface area contributed by atoms with Crippen molar-refractivity contribution >= 4 is 13.2 Å². The van der Waals surface area contributed by atoms with Gasteiger partial charge in [-0.25, -0.2) is 0 Å². The molecule has 0 aromatic heterocycles. The van der Waals surface area contributed by atoms with Gasteiger partial charge < -0.3 is 0 Å². The minimum absolute atomic E-state index is 0.217. The summed E-state index contributed by atoms with van der Waals surface area (Å²) in [5.41, 5.74) is 0. The van der Waals surface area contributed by atoms with Crippen LogP contribution in [-0.2, 0) is 0 Å². The average Bonchev–Trinajstić information content (AvgIpc) is 2.19. The summed E-state index contributed by atoms with van der Waals surface area (Å²) in [6.45, 7) is 4.14. The topological polar surface area (TPSA) is 0 Å². The molecular weight excluding hydrogens is 175 g/mol. The molecule has 0 heterocycles.